The minimum atomic E-state index is -0.458. The van der Waals surface area contributed by atoms with Gasteiger partial charge in [0.2, 0.25) is 5.91 Å². The Morgan fingerprint density at radius 3 is 2.53 bits per heavy atom. The number of nitrogens with one attached hydrogen (secondary N) is 1. The van der Waals surface area contributed by atoms with Crippen LogP contribution in [0.1, 0.15) is 34.1 Å². The van der Waals surface area contributed by atoms with E-state index >= 15 is 0 Å². The lowest BCUT2D eigenvalue weighted by Crippen LogP contribution is -2.47. The molecule has 0 bridgehead atoms. The van der Waals surface area contributed by atoms with Gasteiger partial charge in [-0.2, -0.15) is 0 Å². The SMILES string of the molecule is CCOCC(C)NC(=O)C(C)(CC)CN. The quantitative estimate of drug-likeness (QED) is 0.664. The highest BCUT2D eigenvalue weighted by atomic mass is 16.5. The minimum absolute atomic E-state index is 0.0136. The third kappa shape index (κ3) is 4.62. The number of rotatable bonds is 7. The molecule has 0 aliphatic heterocycles. The molecule has 0 aliphatic rings. The number of ether oxygens (including phenoxy) is 1. The highest BCUT2D eigenvalue weighted by molar-refractivity contribution is 5.82. The Morgan fingerprint density at radius 2 is 2.13 bits per heavy atom. The van der Waals surface area contributed by atoms with Gasteiger partial charge in [-0.1, -0.05) is 6.92 Å². The van der Waals surface area contributed by atoms with Crippen LogP contribution < -0.4 is 11.1 Å². The molecule has 1 amide bonds. The average Bonchev–Trinajstić information content (AvgIpc) is 2.24. The molecule has 0 fully saturated rings. The fourth-order valence-corrected chi connectivity index (χ4v) is 1.13. The Labute approximate surface area is 92.6 Å². The Morgan fingerprint density at radius 1 is 1.53 bits per heavy atom. The third-order valence-corrected chi connectivity index (χ3v) is 2.73. The van der Waals surface area contributed by atoms with Gasteiger partial charge in [0.25, 0.3) is 0 Å². The molecule has 0 heterocycles. The molecule has 0 aromatic heterocycles. The topological polar surface area (TPSA) is 64.3 Å². The monoisotopic (exact) mass is 216 g/mol. The van der Waals surface area contributed by atoms with E-state index < -0.39 is 5.41 Å². The predicted molar refractivity (Wildman–Crippen MR) is 61.6 cm³/mol. The van der Waals surface area contributed by atoms with Gasteiger partial charge in [0, 0.05) is 19.2 Å². The van der Waals surface area contributed by atoms with Crippen molar-refractivity contribution in [3.05, 3.63) is 0 Å². The molecule has 0 aromatic carbocycles. The van der Waals surface area contributed by atoms with Crippen molar-refractivity contribution in [3.63, 3.8) is 0 Å². The molecule has 4 heteroatoms. The smallest absolute Gasteiger partial charge is 0.227 e. The van der Waals surface area contributed by atoms with Crippen LogP contribution >= 0.6 is 0 Å². The lowest BCUT2D eigenvalue weighted by molar-refractivity contribution is -0.131. The lowest BCUT2D eigenvalue weighted by atomic mass is 9.86. The van der Waals surface area contributed by atoms with Crippen molar-refractivity contribution in [3.8, 4) is 0 Å². The zero-order valence-electron chi connectivity index (χ0n) is 10.3. The van der Waals surface area contributed by atoms with E-state index in [-0.39, 0.29) is 11.9 Å². The molecule has 2 unspecified atom stereocenters. The molecule has 90 valence electrons. The molecule has 4 nitrogen and oxygen atoms in total. The zero-order chi connectivity index (χ0) is 11.9. The van der Waals surface area contributed by atoms with Crippen LogP contribution in [0.5, 0.6) is 0 Å². The Bertz CT molecular complexity index is 191. The zero-order valence-corrected chi connectivity index (χ0v) is 10.3. The summed E-state index contributed by atoms with van der Waals surface area (Å²) in [6.07, 6.45) is 0.747. The Balaban J connectivity index is 4.10. The van der Waals surface area contributed by atoms with E-state index in [1.165, 1.54) is 0 Å². The summed E-state index contributed by atoms with van der Waals surface area (Å²) in [5.74, 6) is 0.0136. The Hall–Kier alpha value is -0.610. The molecular weight excluding hydrogens is 192 g/mol. The summed E-state index contributed by atoms with van der Waals surface area (Å²) in [7, 11) is 0. The summed E-state index contributed by atoms with van der Waals surface area (Å²) in [6, 6.07) is 0.0369. The second kappa shape index (κ2) is 6.80. The summed E-state index contributed by atoms with van der Waals surface area (Å²) in [4.78, 5) is 11.9. The molecule has 3 N–H and O–H groups in total. The van der Waals surface area contributed by atoms with Crippen LogP contribution in [0, 0.1) is 5.41 Å². The van der Waals surface area contributed by atoms with Crippen molar-refractivity contribution in [1.29, 1.82) is 0 Å². The minimum Gasteiger partial charge on any atom is -0.380 e. The van der Waals surface area contributed by atoms with Crippen molar-refractivity contribution in [2.45, 2.75) is 40.2 Å². The fraction of sp³-hybridized carbons (Fsp3) is 0.909. The lowest BCUT2D eigenvalue weighted by Gasteiger charge is -2.27. The van der Waals surface area contributed by atoms with E-state index in [1.807, 2.05) is 27.7 Å². The summed E-state index contributed by atoms with van der Waals surface area (Å²) >= 11 is 0. The summed E-state index contributed by atoms with van der Waals surface area (Å²) in [5.41, 5.74) is 5.14. The van der Waals surface area contributed by atoms with Gasteiger partial charge in [-0.25, -0.2) is 0 Å². The number of carbonyl (C=O) groups is 1. The van der Waals surface area contributed by atoms with E-state index in [0.29, 0.717) is 19.8 Å². The van der Waals surface area contributed by atoms with Crippen molar-refractivity contribution >= 4 is 5.91 Å². The van der Waals surface area contributed by atoms with Gasteiger partial charge in [-0.05, 0) is 27.2 Å². The predicted octanol–water partition coefficient (Wildman–Crippen LogP) is 0.903. The van der Waals surface area contributed by atoms with Gasteiger partial charge >= 0.3 is 0 Å². The molecule has 0 radical (unpaired) electrons. The van der Waals surface area contributed by atoms with Crippen molar-refractivity contribution in [1.82, 2.24) is 5.32 Å². The molecule has 0 saturated heterocycles. The first-order valence-electron chi connectivity index (χ1n) is 5.59. The van der Waals surface area contributed by atoms with E-state index in [2.05, 4.69) is 5.32 Å². The standard InChI is InChI=1S/C11H24N2O2/c1-5-11(4,8-12)10(14)13-9(3)7-15-6-2/h9H,5-8,12H2,1-4H3,(H,13,14). The van der Waals surface area contributed by atoms with Gasteiger partial charge < -0.3 is 15.8 Å². The van der Waals surface area contributed by atoms with Gasteiger partial charge in [-0.15, -0.1) is 0 Å². The third-order valence-electron chi connectivity index (χ3n) is 2.73. The fourth-order valence-electron chi connectivity index (χ4n) is 1.13. The summed E-state index contributed by atoms with van der Waals surface area (Å²) in [5, 5.41) is 2.91. The maximum Gasteiger partial charge on any atom is 0.227 e. The van der Waals surface area contributed by atoms with Crippen LogP contribution in [0.2, 0.25) is 0 Å². The van der Waals surface area contributed by atoms with E-state index in [9.17, 15) is 4.79 Å². The van der Waals surface area contributed by atoms with Crippen LogP contribution in [-0.4, -0.2) is 31.7 Å². The second-order valence-electron chi connectivity index (χ2n) is 4.15. The number of hydrogen-bond donors (Lipinski definition) is 2. The van der Waals surface area contributed by atoms with E-state index in [4.69, 9.17) is 10.5 Å². The molecule has 0 aliphatic carbocycles. The van der Waals surface area contributed by atoms with Gasteiger partial charge in [0.1, 0.15) is 0 Å². The molecule has 2 atom stereocenters. The molecule has 15 heavy (non-hydrogen) atoms. The van der Waals surface area contributed by atoms with Crippen LogP contribution in [-0.2, 0) is 9.53 Å². The van der Waals surface area contributed by atoms with Crippen LogP contribution in [0.4, 0.5) is 0 Å². The summed E-state index contributed by atoms with van der Waals surface area (Å²) < 4.78 is 5.23. The van der Waals surface area contributed by atoms with Crippen molar-refractivity contribution in [2.75, 3.05) is 19.8 Å². The van der Waals surface area contributed by atoms with Crippen molar-refractivity contribution < 1.29 is 9.53 Å². The molecule has 0 aromatic rings. The molecule has 0 rings (SSSR count). The second-order valence-corrected chi connectivity index (χ2v) is 4.15. The maximum absolute atomic E-state index is 11.9. The number of nitrogens with two attached hydrogens (primary N) is 1. The first-order valence-corrected chi connectivity index (χ1v) is 5.59. The molecule has 0 spiro atoms. The van der Waals surface area contributed by atoms with Gasteiger partial charge in [-0.3, -0.25) is 4.79 Å². The molecule has 0 saturated carbocycles. The summed E-state index contributed by atoms with van der Waals surface area (Å²) in [6.45, 7) is 9.31. The van der Waals surface area contributed by atoms with Crippen LogP contribution in [0.15, 0.2) is 0 Å². The highest BCUT2D eigenvalue weighted by Crippen LogP contribution is 2.19. The van der Waals surface area contributed by atoms with Crippen LogP contribution in [0.25, 0.3) is 0 Å². The van der Waals surface area contributed by atoms with E-state index in [1.54, 1.807) is 0 Å². The molecular formula is C11H24N2O2. The van der Waals surface area contributed by atoms with Crippen molar-refractivity contribution in [2.24, 2.45) is 11.1 Å². The van der Waals surface area contributed by atoms with Gasteiger partial charge in [0.05, 0.1) is 12.0 Å². The Kier molecular flexibility index (Phi) is 6.52. The maximum atomic E-state index is 11.9. The number of amides is 1. The normalized spacial score (nSPS) is 16.9. The van der Waals surface area contributed by atoms with E-state index in [0.717, 1.165) is 6.42 Å². The average molecular weight is 216 g/mol. The first-order chi connectivity index (χ1) is 7.00. The highest BCUT2D eigenvalue weighted by Gasteiger charge is 2.30. The first kappa shape index (κ1) is 14.4. The van der Waals surface area contributed by atoms with Gasteiger partial charge in [0.15, 0.2) is 0 Å². The number of hydrogen-bond acceptors (Lipinski definition) is 3. The number of carbonyl (C=O) groups excluding carboxylic acids is 1. The van der Waals surface area contributed by atoms with Crippen LogP contribution in [0.3, 0.4) is 0 Å². The largest absolute Gasteiger partial charge is 0.380 e.